The van der Waals surface area contributed by atoms with Gasteiger partial charge < -0.3 is 9.47 Å². The van der Waals surface area contributed by atoms with Gasteiger partial charge in [-0.3, -0.25) is 9.80 Å². The first-order valence-corrected chi connectivity index (χ1v) is 12.1. The van der Waals surface area contributed by atoms with Gasteiger partial charge in [0.15, 0.2) is 0 Å². The molecule has 0 N–H and O–H groups in total. The van der Waals surface area contributed by atoms with E-state index in [0.717, 1.165) is 19.8 Å². The van der Waals surface area contributed by atoms with Crippen LogP contribution in [-0.2, 0) is 9.47 Å². The fourth-order valence-corrected chi connectivity index (χ4v) is 4.70. The molecule has 0 spiro atoms. The summed E-state index contributed by atoms with van der Waals surface area (Å²) in [6.07, 6.45) is 9.39. The predicted molar refractivity (Wildman–Crippen MR) is 123 cm³/mol. The standard InChI is InChI=1S/C10H21NO.C9H17NO.C3H8.C2H6/c1-4-12-8-10-6-5-7-11(10)9(2)3;1-11-8-9-4-2-6-10(9)7-3-5-9;1-3-2;1-2/h9-10H,4-8H2,1-3H3;2-8H2,1H3;3H2,1-2H3;1-2H3/t10-;;;/m0.../s1. The predicted octanol–water partition coefficient (Wildman–Crippen LogP) is 5.60. The second-order valence-electron chi connectivity index (χ2n) is 8.35. The van der Waals surface area contributed by atoms with Gasteiger partial charge in [-0.2, -0.15) is 0 Å². The van der Waals surface area contributed by atoms with E-state index in [1.807, 2.05) is 21.0 Å². The number of likely N-dealkylation sites (tertiary alicyclic amines) is 1. The summed E-state index contributed by atoms with van der Waals surface area (Å²) in [5.74, 6) is 0. The van der Waals surface area contributed by atoms with Crippen molar-refractivity contribution in [2.75, 3.05) is 46.6 Å². The molecule has 28 heavy (non-hydrogen) atoms. The van der Waals surface area contributed by atoms with Crippen LogP contribution in [0.5, 0.6) is 0 Å². The van der Waals surface area contributed by atoms with Crippen LogP contribution < -0.4 is 0 Å². The Balaban J connectivity index is 0.000000425. The van der Waals surface area contributed by atoms with Crippen LogP contribution in [0, 0.1) is 0 Å². The molecular weight excluding hydrogens is 348 g/mol. The molecule has 1 atom stereocenters. The summed E-state index contributed by atoms with van der Waals surface area (Å²) in [4.78, 5) is 5.17. The number of methoxy groups -OCH3 is 1. The van der Waals surface area contributed by atoms with Gasteiger partial charge in [0.05, 0.1) is 13.2 Å². The normalized spacial score (nSPS) is 23.2. The van der Waals surface area contributed by atoms with Crippen molar-refractivity contribution < 1.29 is 9.47 Å². The van der Waals surface area contributed by atoms with Crippen LogP contribution >= 0.6 is 0 Å². The summed E-state index contributed by atoms with van der Waals surface area (Å²) in [6.45, 7) is 21.5. The summed E-state index contributed by atoms with van der Waals surface area (Å²) in [6, 6.07) is 1.36. The fraction of sp³-hybridized carbons (Fsp3) is 1.00. The van der Waals surface area contributed by atoms with E-state index in [-0.39, 0.29) is 0 Å². The molecule has 0 aromatic rings. The van der Waals surface area contributed by atoms with E-state index in [2.05, 4.69) is 44.4 Å². The molecule has 4 heteroatoms. The van der Waals surface area contributed by atoms with Gasteiger partial charge in [0, 0.05) is 31.3 Å². The van der Waals surface area contributed by atoms with Gasteiger partial charge in [-0.25, -0.2) is 0 Å². The zero-order valence-corrected chi connectivity index (χ0v) is 20.6. The van der Waals surface area contributed by atoms with E-state index in [4.69, 9.17) is 9.47 Å². The van der Waals surface area contributed by atoms with Gasteiger partial charge in [0.2, 0.25) is 0 Å². The fourth-order valence-electron chi connectivity index (χ4n) is 4.70. The third kappa shape index (κ3) is 9.11. The van der Waals surface area contributed by atoms with Crippen molar-refractivity contribution in [1.82, 2.24) is 9.80 Å². The number of hydrogen-bond donors (Lipinski definition) is 0. The van der Waals surface area contributed by atoms with Crippen molar-refractivity contribution >= 4 is 0 Å². The van der Waals surface area contributed by atoms with Gasteiger partial charge in [-0.05, 0) is 78.9 Å². The first-order valence-electron chi connectivity index (χ1n) is 12.1. The molecule has 3 aliphatic heterocycles. The third-order valence-corrected chi connectivity index (χ3v) is 5.82. The third-order valence-electron chi connectivity index (χ3n) is 5.82. The topological polar surface area (TPSA) is 24.9 Å². The molecule has 0 aromatic carbocycles. The summed E-state index contributed by atoms with van der Waals surface area (Å²) >= 11 is 0. The second-order valence-corrected chi connectivity index (χ2v) is 8.35. The monoisotopic (exact) mass is 400 g/mol. The molecule has 170 valence electrons. The summed E-state index contributed by atoms with van der Waals surface area (Å²) in [5.41, 5.74) is 0.467. The number of ether oxygens (including phenoxy) is 2. The van der Waals surface area contributed by atoms with Crippen LogP contribution in [0.4, 0.5) is 0 Å². The molecular formula is C24H52N2O2. The zero-order valence-electron chi connectivity index (χ0n) is 20.6. The van der Waals surface area contributed by atoms with E-state index in [9.17, 15) is 0 Å². The molecule has 0 unspecified atom stereocenters. The summed E-state index contributed by atoms with van der Waals surface area (Å²) in [5, 5.41) is 0. The van der Waals surface area contributed by atoms with Crippen LogP contribution in [0.1, 0.15) is 93.4 Å². The lowest BCUT2D eigenvalue weighted by atomic mass is 9.95. The Kier molecular flexibility index (Phi) is 16.5. The highest BCUT2D eigenvalue weighted by molar-refractivity contribution is 4.99. The lowest BCUT2D eigenvalue weighted by Crippen LogP contribution is -2.42. The smallest absolute Gasteiger partial charge is 0.0646 e. The van der Waals surface area contributed by atoms with E-state index in [0.29, 0.717) is 17.6 Å². The Morgan fingerprint density at radius 3 is 2.00 bits per heavy atom. The Bertz CT molecular complexity index is 339. The summed E-state index contributed by atoms with van der Waals surface area (Å²) < 4.78 is 10.7. The van der Waals surface area contributed by atoms with Crippen LogP contribution in [0.15, 0.2) is 0 Å². The quantitative estimate of drug-likeness (QED) is 0.579. The largest absolute Gasteiger partial charge is 0.383 e. The lowest BCUT2D eigenvalue weighted by Gasteiger charge is -2.30. The van der Waals surface area contributed by atoms with E-state index in [1.54, 1.807) is 0 Å². The Morgan fingerprint density at radius 2 is 1.54 bits per heavy atom. The van der Waals surface area contributed by atoms with Crippen molar-refractivity contribution in [1.29, 1.82) is 0 Å². The Morgan fingerprint density at radius 1 is 0.964 bits per heavy atom. The highest BCUT2D eigenvalue weighted by atomic mass is 16.5. The molecule has 0 saturated carbocycles. The minimum absolute atomic E-state index is 0.467. The molecule has 3 aliphatic rings. The van der Waals surface area contributed by atoms with Crippen LogP contribution in [0.25, 0.3) is 0 Å². The number of hydrogen-bond acceptors (Lipinski definition) is 4. The molecule has 4 nitrogen and oxygen atoms in total. The molecule has 0 aromatic heterocycles. The average Bonchev–Trinajstić information content (AvgIpc) is 3.38. The van der Waals surface area contributed by atoms with Crippen molar-refractivity contribution in [2.45, 2.75) is 111 Å². The van der Waals surface area contributed by atoms with Gasteiger partial charge in [0.1, 0.15) is 0 Å². The molecule has 3 heterocycles. The maximum absolute atomic E-state index is 5.46. The van der Waals surface area contributed by atoms with Crippen LogP contribution in [-0.4, -0.2) is 74.0 Å². The maximum atomic E-state index is 5.46. The Hall–Kier alpha value is -0.160. The van der Waals surface area contributed by atoms with Gasteiger partial charge >= 0.3 is 0 Å². The number of rotatable bonds is 6. The molecule has 0 radical (unpaired) electrons. The molecule has 3 rings (SSSR count). The van der Waals surface area contributed by atoms with Gasteiger partial charge in [-0.15, -0.1) is 0 Å². The zero-order chi connectivity index (χ0) is 21.4. The maximum Gasteiger partial charge on any atom is 0.0646 e. The van der Waals surface area contributed by atoms with E-state index in [1.165, 1.54) is 64.6 Å². The lowest BCUT2D eigenvalue weighted by molar-refractivity contribution is 0.0655. The molecule has 3 fully saturated rings. The minimum Gasteiger partial charge on any atom is -0.383 e. The van der Waals surface area contributed by atoms with Gasteiger partial charge in [0.25, 0.3) is 0 Å². The molecule has 3 saturated heterocycles. The van der Waals surface area contributed by atoms with Crippen LogP contribution in [0.3, 0.4) is 0 Å². The van der Waals surface area contributed by atoms with E-state index >= 15 is 0 Å². The first kappa shape index (κ1) is 27.8. The highest BCUT2D eigenvalue weighted by Crippen LogP contribution is 2.38. The Labute approximate surface area is 177 Å². The van der Waals surface area contributed by atoms with Crippen molar-refractivity contribution in [2.24, 2.45) is 0 Å². The number of fused-ring (bicyclic) bond motifs is 1. The highest BCUT2D eigenvalue weighted by Gasteiger charge is 2.43. The van der Waals surface area contributed by atoms with Crippen molar-refractivity contribution in [3.8, 4) is 0 Å². The molecule has 0 bridgehead atoms. The molecule has 0 amide bonds. The van der Waals surface area contributed by atoms with Crippen LogP contribution in [0.2, 0.25) is 0 Å². The second kappa shape index (κ2) is 16.6. The number of nitrogens with zero attached hydrogens (tertiary/aromatic N) is 2. The van der Waals surface area contributed by atoms with Gasteiger partial charge in [-0.1, -0.05) is 34.1 Å². The molecule has 0 aliphatic carbocycles. The minimum atomic E-state index is 0.467. The van der Waals surface area contributed by atoms with Crippen molar-refractivity contribution in [3.05, 3.63) is 0 Å². The SMILES string of the molecule is CC.CCC.CCOC[C@@H]1CCCN1C(C)C.COCC12CCCN1CCC2. The average molecular weight is 401 g/mol. The van der Waals surface area contributed by atoms with Crippen molar-refractivity contribution in [3.63, 3.8) is 0 Å². The first-order chi connectivity index (χ1) is 13.5. The van der Waals surface area contributed by atoms with E-state index < -0.39 is 0 Å². The summed E-state index contributed by atoms with van der Waals surface area (Å²) in [7, 11) is 1.82.